The van der Waals surface area contributed by atoms with E-state index in [-0.39, 0.29) is 22.7 Å². The van der Waals surface area contributed by atoms with Gasteiger partial charge in [-0.2, -0.15) is 0 Å². The molecule has 0 bridgehead atoms. The lowest BCUT2D eigenvalue weighted by molar-refractivity contribution is -0.131. The largest absolute Gasteiger partial charge is 0.421 e. The summed E-state index contributed by atoms with van der Waals surface area (Å²) in [5.74, 6) is -0.623. The second-order valence-electron chi connectivity index (χ2n) is 7.24. The van der Waals surface area contributed by atoms with Crippen molar-refractivity contribution in [3.05, 3.63) is 107 Å². The Balaban J connectivity index is 1.63. The van der Waals surface area contributed by atoms with Crippen LogP contribution in [-0.2, 0) is 19.1 Å². The molecule has 0 unspecified atom stereocenters. The highest BCUT2D eigenvalue weighted by molar-refractivity contribution is 6.26. The average Bonchev–Trinajstić information content (AvgIpc) is 3.31. The van der Waals surface area contributed by atoms with Gasteiger partial charge in [0.15, 0.2) is 11.5 Å². The third-order valence-corrected chi connectivity index (χ3v) is 5.57. The van der Waals surface area contributed by atoms with E-state index in [9.17, 15) is 9.59 Å². The van der Waals surface area contributed by atoms with E-state index in [0.717, 1.165) is 21.5 Å². The van der Waals surface area contributed by atoms with Gasteiger partial charge in [0, 0.05) is 11.1 Å². The Morgan fingerprint density at radius 3 is 1.33 bits per heavy atom. The molecular formula is C26H14O4. The van der Waals surface area contributed by atoms with Crippen LogP contribution in [0.2, 0.25) is 0 Å². The minimum Gasteiger partial charge on any atom is -0.421 e. The van der Waals surface area contributed by atoms with Gasteiger partial charge in [0.1, 0.15) is 11.1 Å². The van der Waals surface area contributed by atoms with Gasteiger partial charge in [0.05, 0.1) is 0 Å². The fourth-order valence-electron chi connectivity index (χ4n) is 4.23. The van der Waals surface area contributed by atoms with Crippen LogP contribution >= 0.6 is 0 Å². The van der Waals surface area contributed by atoms with Crippen molar-refractivity contribution in [3.8, 4) is 0 Å². The third-order valence-electron chi connectivity index (χ3n) is 5.57. The molecule has 0 atom stereocenters. The monoisotopic (exact) mass is 390 g/mol. The number of rotatable bonds is 2. The summed E-state index contributed by atoms with van der Waals surface area (Å²) < 4.78 is 11.3. The van der Waals surface area contributed by atoms with E-state index in [1.54, 1.807) is 0 Å². The molecule has 0 N–H and O–H groups in total. The molecule has 0 amide bonds. The second-order valence-corrected chi connectivity index (χ2v) is 7.24. The number of benzene rings is 4. The quantitative estimate of drug-likeness (QED) is 0.440. The molecule has 0 saturated heterocycles. The van der Waals surface area contributed by atoms with Gasteiger partial charge in [-0.15, -0.1) is 0 Å². The summed E-state index contributed by atoms with van der Waals surface area (Å²) >= 11 is 0. The highest BCUT2D eigenvalue weighted by atomic mass is 16.6. The molecule has 2 aliphatic rings. The topological polar surface area (TPSA) is 52.6 Å². The van der Waals surface area contributed by atoms with Gasteiger partial charge in [-0.3, -0.25) is 0 Å². The molecule has 0 spiro atoms. The van der Waals surface area contributed by atoms with E-state index in [1.807, 2.05) is 84.9 Å². The van der Waals surface area contributed by atoms with Crippen molar-refractivity contribution in [3.63, 3.8) is 0 Å². The van der Waals surface area contributed by atoms with Crippen molar-refractivity contribution in [1.82, 2.24) is 0 Å². The lowest BCUT2D eigenvalue weighted by Crippen LogP contribution is -2.02. The molecule has 2 heterocycles. The number of carbonyl (C=O) groups excluding carboxylic acids is 2. The van der Waals surface area contributed by atoms with E-state index in [4.69, 9.17) is 9.47 Å². The summed E-state index contributed by atoms with van der Waals surface area (Å²) in [4.78, 5) is 25.8. The number of hydrogen-bond acceptors (Lipinski definition) is 4. The number of cyclic esters (lactones) is 2. The fraction of sp³-hybridized carbons (Fsp3) is 0. The van der Waals surface area contributed by atoms with Crippen molar-refractivity contribution in [2.45, 2.75) is 0 Å². The Morgan fingerprint density at radius 2 is 0.867 bits per heavy atom. The first kappa shape index (κ1) is 16.7. The van der Waals surface area contributed by atoms with Crippen molar-refractivity contribution in [1.29, 1.82) is 0 Å². The van der Waals surface area contributed by atoms with E-state index >= 15 is 0 Å². The SMILES string of the molecule is O=C1OC(c2cccc3ccccc23)=C2C(=O)OC(c3cccc4ccccc34)=C12. The highest BCUT2D eigenvalue weighted by Gasteiger charge is 2.45. The summed E-state index contributed by atoms with van der Waals surface area (Å²) in [6.45, 7) is 0. The van der Waals surface area contributed by atoms with Crippen molar-refractivity contribution < 1.29 is 19.1 Å². The summed E-state index contributed by atoms with van der Waals surface area (Å²) in [6, 6.07) is 27.0. The Bertz CT molecular complexity index is 1350. The van der Waals surface area contributed by atoms with Gasteiger partial charge in [-0.25, -0.2) is 9.59 Å². The molecule has 4 aromatic carbocycles. The number of ether oxygens (including phenoxy) is 2. The zero-order valence-corrected chi connectivity index (χ0v) is 15.7. The second kappa shape index (κ2) is 6.16. The minimum absolute atomic E-state index is 0.194. The standard InChI is InChI=1S/C26H14O4/c27-25-21-22(24(30-25)20-14-6-10-16-8-2-4-12-18(16)20)26(28)29-23(21)19-13-5-9-15-7-1-3-11-17(15)19/h1-14H. The van der Waals surface area contributed by atoms with Crippen LogP contribution in [0.4, 0.5) is 0 Å². The fourth-order valence-corrected chi connectivity index (χ4v) is 4.23. The molecule has 0 radical (unpaired) electrons. The van der Waals surface area contributed by atoms with Gasteiger partial charge < -0.3 is 9.47 Å². The van der Waals surface area contributed by atoms with E-state index in [1.165, 1.54) is 0 Å². The summed E-state index contributed by atoms with van der Waals surface area (Å²) in [6.07, 6.45) is 0. The molecule has 0 aromatic heterocycles. The van der Waals surface area contributed by atoms with Crippen LogP contribution in [0.5, 0.6) is 0 Å². The van der Waals surface area contributed by atoms with Crippen LogP contribution in [0.3, 0.4) is 0 Å². The van der Waals surface area contributed by atoms with Crippen molar-refractivity contribution in [2.24, 2.45) is 0 Å². The molecule has 4 aromatic rings. The lowest BCUT2D eigenvalue weighted by Gasteiger charge is -2.09. The van der Waals surface area contributed by atoms with E-state index in [0.29, 0.717) is 11.1 Å². The molecule has 4 heteroatoms. The summed E-state index contributed by atoms with van der Waals surface area (Å²) in [7, 11) is 0. The number of hydrogen-bond donors (Lipinski definition) is 0. The third kappa shape index (κ3) is 2.28. The highest BCUT2D eigenvalue weighted by Crippen LogP contribution is 2.45. The maximum atomic E-state index is 12.9. The normalized spacial score (nSPS) is 15.7. The maximum absolute atomic E-state index is 12.9. The number of esters is 2. The van der Waals surface area contributed by atoms with E-state index < -0.39 is 11.9 Å². The number of carbonyl (C=O) groups is 2. The Labute approximate surface area is 171 Å². The first-order valence-corrected chi connectivity index (χ1v) is 9.62. The van der Waals surface area contributed by atoms with Crippen LogP contribution in [0.15, 0.2) is 96.1 Å². The number of fused-ring (bicyclic) bond motifs is 3. The van der Waals surface area contributed by atoms with Gasteiger partial charge in [-0.05, 0) is 21.5 Å². The maximum Gasteiger partial charge on any atom is 0.348 e. The van der Waals surface area contributed by atoms with Gasteiger partial charge >= 0.3 is 11.9 Å². The lowest BCUT2D eigenvalue weighted by atomic mass is 9.97. The predicted molar refractivity (Wildman–Crippen MR) is 114 cm³/mol. The van der Waals surface area contributed by atoms with Gasteiger partial charge in [0.25, 0.3) is 0 Å². The van der Waals surface area contributed by atoms with Crippen LogP contribution in [0.25, 0.3) is 33.1 Å². The molecule has 30 heavy (non-hydrogen) atoms. The van der Waals surface area contributed by atoms with Gasteiger partial charge in [0.2, 0.25) is 0 Å². The molecule has 0 saturated carbocycles. The first-order chi connectivity index (χ1) is 14.7. The molecule has 6 rings (SSSR count). The first-order valence-electron chi connectivity index (χ1n) is 9.62. The zero-order valence-electron chi connectivity index (χ0n) is 15.7. The molecular weight excluding hydrogens is 376 g/mol. The minimum atomic E-state index is -0.568. The molecule has 0 fully saturated rings. The van der Waals surface area contributed by atoms with E-state index in [2.05, 4.69) is 0 Å². The van der Waals surface area contributed by atoms with Crippen molar-refractivity contribution in [2.75, 3.05) is 0 Å². The summed E-state index contributed by atoms with van der Waals surface area (Å²) in [5, 5.41) is 3.81. The summed E-state index contributed by atoms with van der Waals surface area (Å²) in [5.41, 5.74) is 1.78. The van der Waals surface area contributed by atoms with Crippen LogP contribution in [0, 0.1) is 0 Å². The Morgan fingerprint density at radius 1 is 0.467 bits per heavy atom. The molecule has 4 nitrogen and oxygen atoms in total. The van der Waals surface area contributed by atoms with Crippen LogP contribution < -0.4 is 0 Å². The molecule has 142 valence electrons. The molecule has 2 aliphatic heterocycles. The Hall–Kier alpha value is -4.18. The molecule has 0 aliphatic carbocycles. The Kier molecular flexibility index (Phi) is 3.44. The predicted octanol–water partition coefficient (Wildman–Crippen LogP) is 5.23. The van der Waals surface area contributed by atoms with Gasteiger partial charge in [-0.1, -0.05) is 84.9 Å². The van der Waals surface area contributed by atoms with Crippen LogP contribution in [-0.4, -0.2) is 11.9 Å². The van der Waals surface area contributed by atoms with Crippen LogP contribution in [0.1, 0.15) is 11.1 Å². The zero-order chi connectivity index (χ0) is 20.2. The van der Waals surface area contributed by atoms with Crippen molar-refractivity contribution >= 4 is 45.0 Å². The average molecular weight is 390 g/mol. The smallest absolute Gasteiger partial charge is 0.348 e.